The van der Waals surface area contributed by atoms with E-state index in [9.17, 15) is 14.9 Å². The molecule has 0 aliphatic carbocycles. The van der Waals surface area contributed by atoms with Crippen molar-refractivity contribution in [1.29, 1.82) is 0 Å². The number of nitrogens with one attached hydrogen (secondary N) is 1. The number of pyridine rings is 1. The quantitative estimate of drug-likeness (QED) is 0.379. The van der Waals surface area contributed by atoms with E-state index in [2.05, 4.69) is 10.3 Å². The maximum absolute atomic E-state index is 12.7. The van der Waals surface area contributed by atoms with E-state index in [1.807, 2.05) is 48.7 Å². The highest BCUT2D eigenvalue weighted by atomic mass is 16.6. The zero-order chi connectivity index (χ0) is 21.8. The number of aromatic nitrogens is 3. The van der Waals surface area contributed by atoms with Crippen LogP contribution in [0.1, 0.15) is 21.5 Å². The molecule has 0 spiro atoms. The molecule has 0 bridgehead atoms. The minimum atomic E-state index is -0.462. The van der Waals surface area contributed by atoms with Gasteiger partial charge < -0.3 is 5.32 Å². The summed E-state index contributed by atoms with van der Waals surface area (Å²) in [4.78, 5) is 27.2. The highest BCUT2D eigenvalue weighted by molar-refractivity contribution is 5.94. The van der Waals surface area contributed by atoms with Gasteiger partial charge in [0.1, 0.15) is 0 Å². The topological polar surface area (TPSA) is 103 Å². The molecule has 2 heterocycles. The Bertz CT molecular complexity index is 1240. The third-order valence-electron chi connectivity index (χ3n) is 4.86. The number of carbonyl (C=O) groups excluding carboxylic acids is 1. The van der Waals surface area contributed by atoms with Gasteiger partial charge in [-0.15, -0.1) is 0 Å². The highest BCUT2D eigenvalue weighted by Crippen LogP contribution is 2.24. The summed E-state index contributed by atoms with van der Waals surface area (Å²) in [6.07, 6.45) is 5.27. The molecule has 0 aliphatic rings. The van der Waals surface area contributed by atoms with Crippen LogP contribution < -0.4 is 5.32 Å². The minimum absolute atomic E-state index is 0.0133. The van der Waals surface area contributed by atoms with Crippen LogP contribution in [-0.2, 0) is 6.54 Å². The van der Waals surface area contributed by atoms with Crippen molar-refractivity contribution in [3.8, 4) is 16.9 Å². The molecule has 1 N–H and O–H groups in total. The third-order valence-corrected chi connectivity index (χ3v) is 4.86. The lowest BCUT2D eigenvalue weighted by Gasteiger charge is -2.07. The Morgan fingerprint density at radius 1 is 1.10 bits per heavy atom. The first-order valence-electron chi connectivity index (χ1n) is 9.60. The molecular weight excluding hydrogens is 394 g/mol. The SMILES string of the molecule is Cc1cc(C(=O)NCc2cn(-c3ccccc3)nc2-c2ccncc2)ccc1[N+](=O)[O-]. The van der Waals surface area contributed by atoms with Gasteiger partial charge in [0.05, 0.1) is 16.3 Å². The molecule has 0 unspecified atom stereocenters. The first kappa shape index (κ1) is 20.0. The van der Waals surface area contributed by atoms with Gasteiger partial charge in [0.15, 0.2) is 0 Å². The van der Waals surface area contributed by atoms with Crippen molar-refractivity contribution >= 4 is 11.6 Å². The van der Waals surface area contributed by atoms with Crippen LogP contribution in [0.25, 0.3) is 16.9 Å². The van der Waals surface area contributed by atoms with Gasteiger partial charge in [0.25, 0.3) is 11.6 Å². The lowest BCUT2D eigenvalue weighted by atomic mass is 10.1. The molecule has 8 nitrogen and oxygen atoms in total. The molecule has 0 aliphatic heterocycles. The van der Waals surface area contributed by atoms with Crippen molar-refractivity contribution in [1.82, 2.24) is 20.1 Å². The van der Waals surface area contributed by atoms with Crippen LogP contribution in [0.3, 0.4) is 0 Å². The first-order chi connectivity index (χ1) is 15.0. The average Bonchev–Trinajstić information content (AvgIpc) is 3.22. The van der Waals surface area contributed by atoms with E-state index in [4.69, 9.17) is 5.10 Å². The molecule has 0 saturated heterocycles. The number of rotatable bonds is 6. The van der Waals surface area contributed by atoms with Gasteiger partial charge in [-0.2, -0.15) is 5.10 Å². The number of para-hydroxylation sites is 1. The Kier molecular flexibility index (Phi) is 5.53. The van der Waals surface area contributed by atoms with Gasteiger partial charge in [0.2, 0.25) is 0 Å². The second-order valence-electron chi connectivity index (χ2n) is 6.96. The van der Waals surface area contributed by atoms with Gasteiger partial charge in [-0.1, -0.05) is 18.2 Å². The summed E-state index contributed by atoms with van der Waals surface area (Å²) in [7, 11) is 0. The number of amides is 1. The van der Waals surface area contributed by atoms with Crippen LogP contribution >= 0.6 is 0 Å². The second-order valence-corrected chi connectivity index (χ2v) is 6.96. The monoisotopic (exact) mass is 413 g/mol. The Balaban J connectivity index is 1.60. The maximum Gasteiger partial charge on any atom is 0.272 e. The van der Waals surface area contributed by atoms with Crippen molar-refractivity contribution in [3.63, 3.8) is 0 Å². The number of hydrogen-bond acceptors (Lipinski definition) is 5. The lowest BCUT2D eigenvalue weighted by molar-refractivity contribution is -0.385. The fraction of sp³-hybridized carbons (Fsp3) is 0.0870. The molecule has 0 saturated carbocycles. The van der Waals surface area contributed by atoms with E-state index >= 15 is 0 Å². The molecule has 4 rings (SSSR count). The largest absolute Gasteiger partial charge is 0.348 e. The number of hydrogen-bond donors (Lipinski definition) is 1. The number of carbonyl (C=O) groups is 1. The fourth-order valence-electron chi connectivity index (χ4n) is 3.28. The Morgan fingerprint density at radius 3 is 2.52 bits per heavy atom. The van der Waals surface area contributed by atoms with Crippen molar-refractivity contribution in [2.45, 2.75) is 13.5 Å². The maximum atomic E-state index is 12.7. The van der Waals surface area contributed by atoms with E-state index in [0.717, 1.165) is 22.5 Å². The van der Waals surface area contributed by atoms with E-state index < -0.39 is 4.92 Å². The van der Waals surface area contributed by atoms with Crippen molar-refractivity contribution < 1.29 is 9.72 Å². The lowest BCUT2D eigenvalue weighted by Crippen LogP contribution is -2.23. The molecule has 31 heavy (non-hydrogen) atoms. The summed E-state index contributed by atoms with van der Waals surface area (Å²) in [5.74, 6) is -0.314. The van der Waals surface area contributed by atoms with Gasteiger partial charge >= 0.3 is 0 Å². The highest BCUT2D eigenvalue weighted by Gasteiger charge is 2.16. The molecular formula is C23H19N5O3. The summed E-state index contributed by atoms with van der Waals surface area (Å²) in [6, 6.07) is 17.7. The summed E-state index contributed by atoms with van der Waals surface area (Å²) in [6.45, 7) is 1.86. The summed E-state index contributed by atoms with van der Waals surface area (Å²) >= 11 is 0. The Hall–Kier alpha value is -4.33. The van der Waals surface area contributed by atoms with Gasteiger partial charge in [0, 0.05) is 53.5 Å². The molecule has 2 aromatic carbocycles. The molecule has 8 heteroatoms. The van der Waals surface area contributed by atoms with Crippen molar-refractivity contribution in [2.24, 2.45) is 0 Å². The van der Waals surface area contributed by atoms with Gasteiger partial charge in [-0.25, -0.2) is 4.68 Å². The summed E-state index contributed by atoms with van der Waals surface area (Å²) in [5.41, 5.74) is 4.16. The van der Waals surface area contributed by atoms with E-state index in [1.165, 1.54) is 18.2 Å². The molecule has 0 atom stereocenters. The Labute approximate surface area is 178 Å². The standard InChI is InChI=1S/C23H19N5O3/c1-16-13-18(7-8-21(16)28(30)31)23(29)25-14-19-15-27(20-5-3-2-4-6-20)26-22(19)17-9-11-24-12-10-17/h2-13,15H,14H2,1H3,(H,25,29). The van der Waals surface area contributed by atoms with Crippen LogP contribution in [-0.4, -0.2) is 25.6 Å². The third kappa shape index (κ3) is 4.32. The smallest absolute Gasteiger partial charge is 0.272 e. The molecule has 4 aromatic rings. The summed E-state index contributed by atoms with van der Waals surface area (Å²) in [5, 5.41) is 18.6. The zero-order valence-electron chi connectivity index (χ0n) is 16.7. The van der Waals surface area contributed by atoms with Crippen LogP contribution in [0.4, 0.5) is 5.69 Å². The van der Waals surface area contributed by atoms with Crippen LogP contribution in [0.2, 0.25) is 0 Å². The number of aryl methyl sites for hydroxylation is 1. The van der Waals surface area contributed by atoms with Crippen LogP contribution in [0.5, 0.6) is 0 Å². The fourth-order valence-corrected chi connectivity index (χ4v) is 3.28. The summed E-state index contributed by atoms with van der Waals surface area (Å²) < 4.78 is 1.77. The zero-order valence-corrected chi connectivity index (χ0v) is 16.7. The molecule has 1 amide bonds. The van der Waals surface area contributed by atoms with E-state index in [-0.39, 0.29) is 18.1 Å². The van der Waals surface area contributed by atoms with Crippen LogP contribution in [0, 0.1) is 17.0 Å². The van der Waals surface area contributed by atoms with Gasteiger partial charge in [-0.05, 0) is 43.3 Å². The molecule has 154 valence electrons. The number of nitro benzene ring substituents is 1. The normalized spacial score (nSPS) is 10.6. The number of nitro groups is 1. The van der Waals surface area contributed by atoms with E-state index in [1.54, 1.807) is 24.0 Å². The van der Waals surface area contributed by atoms with Crippen molar-refractivity contribution in [2.75, 3.05) is 0 Å². The van der Waals surface area contributed by atoms with Crippen LogP contribution in [0.15, 0.2) is 79.3 Å². The predicted molar refractivity (Wildman–Crippen MR) is 116 cm³/mol. The predicted octanol–water partition coefficient (Wildman–Crippen LogP) is 4.08. The molecule has 2 aromatic heterocycles. The number of nitrogens with zero attached hydrogens (tertiary/aromatic N) is 4. The Morgan fingerprint density at radius 2 is 1.84 bits per heavy atom. The molecule has 0 fully saturated rings. The average molecular weight is 413 g/mol. The van der Waals surface area contributed by atoms with Crippen molar-refractivity contribution in [3.05, 3.63) is 106 Å². The van der Waals surface area contributed by atoms with E-state index in [0.29, 0.717) is 11.1 Å². The van der Waals surface area contributed by atoms with Gasteiger partial charge in [-0.3, -0.25) is 19.9 Å². The molecule has 0 radical (unpaired) electrons. The number of benzene rings is 2. The first-order valence-corrected chi connectivity index (χ1v) is 9.60. The second kappa shape index (κ2) is 8.58. The minimum Gasteiger partial charge on any atom is -0.348 e.